The van der Waals surface area contributed by atoms with Crippen LogP contribution in [0.3, 0.4) is 0 Å². The minimum atomic E-state index is -4.43. The number of alkyl halides is 3. The maximum Gasteiger partial charge on any atom is 0.416 e. The summed E-state index contributed by atoms with van der Waals surface area (Å²) in [5, 5.41) is 11.4. The fourth-order valence-corrected chi connectivity index (χ4v) is 3.48. The third-order valence-corrected chi connectivity index (χ3v) is 5.07. The molecule has 1 atom stereocenters. The number of carbonyl (C=O) groups excluding carboxylic acids is 1. The van der Waals surface area contributed by atoms with Gasteiger partial charge in [0.25, 0.3) is 0 Å². The number of H-pyrrole nitrogens is 1. The Morgan fingerprint density at radius 3 is 2.81 bits per heavy atom. The minimum Gasteiger partial charge on any atom is -0.348 e. The number of nitrogens with one attached hydrogen (secondary N) is 2. The quantitative estimate of drug-likeness (QED) is 0.604. The number of hydrogen-bond acceptors (Lipinski definition) is 4. The first-order valence-electron chi connectivity index (χ1n) is 7.91. The lowest BCUT2D eigenvalue weighted by atomic mass is 10.0. The normalized spacial score (nSPS) is 12.7. The lowest BCUT2D eigenvalue weighted by Crippen LogP contribution is -2.30. The van der Waals surface area contributed by atoms with E-state index in [4.69, 9.17) is 12.2 Å². The van der Waals surface area contributed by atoms with Crippen LogP contribution < -0.4 is 5.32 Å². The van der Waals surface area contributed by atoms with E-state index in [2.05, 4.69) is 15.5 Å². The van der Waals surface area contributed by atoms with Crippen molar-refractivity contribution < 1.29 is 18.0 Å². The van der Waals surface area contributed by atoms with Gasteiger partial charge in [-0.1, -0.05) is 18.2 Å². The standard InChI is InChI=1S/C17H15F3N4OS2/c1-10(11-4-2-5-12(8-11)17(18,19)20)21-14(25)9-24-15(22-23-16(24)26)13-6-3-7-27-13/h2-8,10H,9H2,1H3,(H,21,25)(H,23,26). The van der Waals surface area contributed by atoms with Crippen molar-refractivity contribution >= 4 is 29.5 Å². The molecule has 27 heavy (non-hydrogen) atoms. The van der Waals surface area contributed by atoms with E-state index in [9.17, 15) is 18.0 Å². The van der Waals surface area contributed by atoms with Gasteiger partial charge in [0, 0.05) is 0 Å². The summed E-state index contributed by atoms with van der Waals surface area (Å²) in [5.74, 6) is 0.159. The number of rotatable bonds is 5. The van der Waals surface area contributed by atoms with Crippen molar-refractivity contribution in [2.75, 3.05) is 0 Å². The predicted octanol–water partition coefficient (Wildman–Crippen LogP) is 4.57. The van der Waals surface area contributed by atoms with Gasteiger partial charge in [-0.3, -0.25) is 14.5 Å². The maximum absolute atomic E-state index is 12.9. The molecule has 0 bridgehead atoms. The monoisotopic (exact) mass is 412 g/mol. The van der Waals surface area contributed by atoms with Crippen LogP contribution in [-0.2, 0) is 17.5 Å². The molecular weight excluding hydrogens is 397 g/mol. The molecule has 0 spiro atoms. The first-order chi connectivity index (χ1) is 12.8. The Hall–Kier alpha value is -2.46. The zero-order valence-electron chi connectivity index (χ0n) is 14.1. The molecular formula is C17H15F3N4OS2. The van der Waals surface area contributed by atoms with Crippen LogP contribution in [0.5, 0.6) is 0 Å². The van der Waals surface area contributed by atoms with E-state index in [1.807, 2.05) is 17.5 Å². The molecule has 0 aliphatic heterocycles. The van der Waals surface area contributed by atoms with E-state index in [1.54, 1.807) is 17.6 Å². The van der Waals surface area contributed by atoms with Crippen molar-refractivity contribution in [3.05, 3.63) is 57.7 Å². The molecule has 2 aromatic heterocycles. The number of amides is 1. The second-order valence-corrected chi connectivity index (χ2v) is 7.16. The Kier molecular flexibility index (Phi) is 5.47. The highest BCUT2D eigenvalue weighted by atomic mass is 32.1. The summed E-state index contributed by atoms with van der Waals surface area (Å²) in [6.07, 6.45) is -4.43. The van der Waals surface area contributed by atoms with Crippen LogP contribution in [0.4, 0.5) is 13.2 Å². The summed E-state index contributed by atoms with van der Waals surface area (Å²) < 4.78 is 40.4. The minimum absolute atomic E-state index is 0.0914. The van der Waals surface area contributed by atoms with Gasteiger partial charge in [-0.15, -0.1) is 11.3 Å². The lowest BCUT2D eigenvalue weighted by Gasteiger charge is -2.16. The highest BCUT2D eigenvalue weighted by Gasteiger charge is 2.30. The van der Waals surface area contributed by atoms with Crippen molar-refractivity contribution in [3.63, 3.8) is 0 Å². The number of nitrogens with zero attached hydrogens (tertiary/aromatic N) is 2. The molecule has 2 heterocycles. The fourth-order valence-electron chi connectivity index (χ4n) is 2.56. The summed E-state index contributed by atoms with van der Waals surface area (Å²) in [4.78, 5) is 13.3. The second kappa shape index (κ2) is 7.65. The summed E-state index contributed by atoms with van der Waals surface area (Å²) in [5.41, 5.74) is -0.384. The average Bonchev–Trinajstić information content (AvgIpc) is 3.25. The van der Waals surface area contributed by atoms with Gasteiger partial charge in [0.2, 0.25) is 5.91 Å². The van der Waals surface area contributed by atoms with Crippen molar-refractivity contribution in [1.82, 2.24) is 20.1 Å². The number of aromatic nitrogens is 3. The van der Waals surface area contributed by atoms with Crippen LogP contribution in [-0.4, -0.2) is 20.7 Å². The maximum atomic E-state index is 12.9. The predicted molar refractivity (Wildman–Crippen MR) is 98.7 cm³/mol. The van der Waals surface area contributed by atoms with Gasteiger partial charge in [0.1, 0.15) is 6.54 Å². The smallest absolute Gasteiger partial charge is 0.348 e. The molecule has 0 fully saturated rings. The Balaban J connectivity index is 1.74. The molecule has 0 saturated heterocycles. The van der Waals surface area contributed by atoms with Crippen LogP contribution in [0.25, 0.3) is 10.7 Å². The van der Waals surface area contributed by atoms with Gasteiger partial charge in [-0.05, 0) is 48.3 Å². The van der Waals surface area contributed by atoms with Crippen LogP contribution >= 0.6 is 23.6 Å². The van der Waals surface area contributed by atoms with E-state index in [1.165, 1.54) is 17.4 Å². The third kappa shape index (κ3) is 4.45. The molecule has 3 rings (SSSR count). The Morgan fingerprint density at radius 1 is 1.37 bits per heavy atom. The average molecular weight is 412 g/mol. The number of halogens is 3. The Bertz CT molecular complexity index is 992. The SMILES string of the molecule is CC(NC(=O)Cn1c(-c2cccs2)n[nH]c1=S)c1cccc(C(F)(F)F)c1. The molecule has 0 radical (unpaired) electrons. The first-order valence-corrected chi connectivity index (χ1v) is 9.20. The Labute approximate surface area is 161 Å². The molecule has 1 amide bonds. The molecule has 3 aromatic rings. The number of carbonyl (C=O) groups is 1. The van der Waals surface area contributed by atoms with Crippen LogP contribution in [0.15, 0.2) is 41.8 Å². The largest absolute Gasteiger partial charge is 0.416 e. The van der Waals surface area contributed by atoms with Gasteiger partial charge >= 0.3 is 6.18 Å². The zero-order valence-corrected chi connectivity index (χ0v) is 15.7. The van der Waals surface area contributed by atoms with E-state index in [0.717, 1.165) is 17.0 Å². The highest BCUT2D eigenvalue weighted by molar-refractivity contribution is 7.71. The lowest BCUT2D eigenvalue weighted by molar-refractivity contribution is -0.137. The number of hydrogen-bond donors (Lipinski definition) is 2. The topological polar surface area (TPSA) is 62.7 Å². The Morgan fingerprint density at radius 2 is 2.15 bits per heavy atom. The van der Waals surface area contributed by atoms with Crippen molar-refractivity contribution in [2.24, 2.45) is 0 Å². The summed E-state index contributed by atoms with van der Waals surface area (Å²) in [7, 11) is 0. The van der Waals surface area contributed by atoms with Gasteiger partial charge in [0.15, 0.2) is 10.6 Å². The van der Waals surface area contributed by atoms with Crippen molar-refractivity contribution in [1.29, 1.82) is 0 Å². The third-order valence-electron chi connectivity index (χ3n) is 3.89. The van der Waals surface area contributed by atoms with E-state index < -0.39 is 17.8 Å². The molecule has 0 aliphatic carbocycles. The van der Waals surface area contributed by atoms with Gasteiger partial charge in [-0.25, -0.2) is 0 Å². The number of benzene rings is 1. The second-order valence-electron chi connectivity index (χ2n) is 5.83. The van der Waals surface area contributed by atoms with Crippen molar-refractivity contribution in [3.8, 4) is 10.7 Å². The molecule has 0 saturated carbocycles. The van der Waals surface area contributed by atoms with Crippen LogP contribution in [0.1, 0.15) is 24.1 Å². The summed E-state index contributed by atoms with van der Waals surface area (Å²) in [6, 6.07) is 8.02. The first kappa shape index (κ1) is 19.3. The molecule has 2 N–H and O–H groups in total. The molecule has 5 nitrogen and oxygen atoms in total. The van der Waals surface area contributed by atoms with Gasteiger partial charge in [-0.2, -0.15) is 18.3 Å². The van der Waals surface area contributed by atoms with E-state index in [-0.39, 0.29) is 12.5 Å². The van der Waals surface area contributed by atoms with E-state index in [0.29, 0.717) is 16.2 Å². The van der Waals surface area contributed by atoms with Crippen molar-refractivity contribution in [2.45, 2.75) is 25.7 Å². The molecule has 10 heteroatoms. The molecule has 1 aromatic carbocycles. The highest BCUT2D eigenvalue weighted by Crippen LogP contribution is 2.30. The van der Waals surface area contributed by atoms with Crippen LogP contribution in [0, 0.1) is 4.77 Å². The van der Waals surface area contributed by atoms with Gasteiger partial charge in [0.05, 0.1) is 16.5 Å². The fraction of sp³-hybridized carbons (Fsp3) is 0.235. The van der Waals surface area contributed by atoms with Crippen LogP contribution in [0.2, 0.25) is 0 Å². The zero-order chi connectivity index (χ0) is 19.6. The number of thiophene rings is 1. The van der Waals surface area contributed by atoms with Gasteiger partial charge < -0.3 is 5.32 Å². The van der Waals surface area contributed by atoms with E-state index >= 15 is 0 Å². The summed E-state index contributed by atoms with van der Waals surface area (Å²) in [6.45, 7) is 1.54. The molecule has 1 unspecified atom stereocenters. The molecule has 0 aliphatic rings. The summed E-state index contributed by atoms with van der Waals surface area (Å²) >= 11 is 6.63. The number of aromatic amines is 1. The molecule has 142 valence electrons.